The highest BCUT2D eigenvalue weighted by molar-refractivity contribution is 5.82. The minimum absolute atomic E-state index is 0.304. The fourth-order valence-electron chi connectivity index (χ4n) is 2.41. The SMILES string of the molecule is CCC[C@H](NC(=O)N(C)CC1CCCN1C)C(=O)O. The van der Waals surface area contributed by atoms with Crippen LogP contribution in [0.1, 0.15) is 32.6 Å². The van der Waals surface area contributed by atoms with Crippen LogP contribution in [0.3, 0.4) is 0 Å². The zero-order valence-electron chi connectivity index (χ0n) is 12.1. The van der Waals surface area contributed by atoms with Gasteiger partial charge in [-0.3, -0.25) is 0 Å². The normalized spacial score (nSPS) is 21.1. The number of nitrogens with zero attached hydrogens (tertiary/aromatic N) is 2. The molecule has 6 nitrogen and oxygen atoms in total. The number of carbonyl (C=O) groups is 2. The van der Waals surface area contributed by atoms with Crippen LogP contribution in [0.4, 0.5) is 4.79 Å². The van der Waals surface area contributed by atoms with Crippen molar-refractivity contribution >= 4 is 12.0 Å². The molecule has 0 radical (unpaired) electrons. The summed E-state index contributed by atoms with van der Waals surface area (Å²) >= 11 is 0. The Bertz CT molecular complexity index is 322. The Morgan fingerprint density at radius 1 is 1.53 bits per heavy atom. The maximum absolute atomic E-state index is 12.0. The van der Waals surface area contributed by atoms with Crippen LogP contribution in [0.15, 0.2) is 0 Å². The minimum Gasteiger partial charge on any atom is -0.480 e. The van der Waals surface area contributed by atoms with Crippen LogP contribution in [0.5, 0.6) is 0 Å². The monoisotopic (exact) mass is 271 g/mol. The second-order valence-corrected chi connectivity index (χ2v) is 5.29. The maximum Gasteiger partial charge on any atom is 0.326 e. The summed E-state index contributed by atoms with van der Waals surface area (Å²) < 4.78 is 0. The van der Waals surface area contributed by atoms with Gasteiger partial charge in [-0.1, -0.05) is 13.3 Å². The van der Waals surface area contributed by atoms with E-state index in [0.717, 1.165) is 25.8 Å². The smallest absolute Gasteiger partial charge is 0.326 e. The predicted molar refractivity (Wildman–Crippen MR) is 73.1 cm³/mol. The van der Waals surface area contributed by atoms with Crippen LogP contribution >= 0.6 is 0 Å². The lowest BCUT2D eigenvalue weighted by Crippen LogP contribution is -2.49. The van der Waals surface area contributed by atoms with Gasteiger partial charge in [0.15, 0.2) is 0 Å². The molecule has 2 atom stereocenters. The molecule has 0 aromatic heterocycles. The fraction of sp³-hybridized carbons (Fsp3) is 0.846. The number of carboxylic acids is 1. The van der Waals surface area contributed by atoms with E-state index in [1.54, 1.807) is 11.9 Å². The predicted octanol–water partition coefficient (Wildman–Crippen LogP) is 0.975. The Kier molecular flexibility index (Phi) is 6.08. The lowest BCUT2D eigenvalue weighted by atomic mass is 10.2. The molecule has 0 spiro atoms. The number of urea groups is 1. The number of carbonyl (C=O) groups excluding carboxylic acids is 1. The third kappa shape index (κ3) is 4.70. The number of aliphatic carboxylic acids is 1. The first kappa shape index (κ1) is 15.8. The van der Waals surface area contributed by atoms with E-state index in [1.165, 1.54) is 0 Å². The van der Waals surface area contributed by atoms with Gasteiger partial charge >= 0.3 is 12.0 Å². The number of likely N-dealkylation sites (tertiary alicyclic amines) is 1. The van der Waals surface area contributed by atoms with E-state index in [9.17, 15) is 9.59 Å². The summed E-state index contributed by atoms with van der Waals surface area (Å²) in [5.74, 6) is -0.971. The molecule has 1 unspecified atom stereocenters. The number of carboxylic acid groups (broad SMARTS) is 1. The average Bonchev–Trinajstić information content (AvgIpc) is 2.74. The van der Waals surface area contributed by atoms with E-state index in [0.29, 0.717) is 19.0 Å². The zero-order valence-corrected chi connectivity index (χ0v) is 12.1. The molecular weight excluding hydrogens is 246 g/mol. The molecule has 0 aromatic carbocycles. The number of hydrogen-bond acceptors (Lipinski definition) is 3. The summed E-state index contributed by atoms with van der Waals surface area (Å²) in [7, 11) is 3.77. The summed E-state index contributed by atoms with van der Waals surface area (Å²) in [5.41, 5.74) is 0. The molecular formula is C13H25N3O3. The Hall–Kier alpha value is -1.30. The Balaban J connectivity index is 2.44. The molecule has 0 bridgehead atoms. The molecule has 19 heavy (non-hydrogen) atoms. The van der Waals surface area contributed by atoms with E-state index >= 15 is 0 Å². The molecule has 2 N–H and O–H groups in total. The van der Waals surface area contributed by atoms with Gasteiger partial charge in [-0.25, -0.2) is 9.59 Å². The van der Waals surface area contributed by atoms with Crippen molar-refractivity contribution in [2.24, 2.45) is 0 Å². The highest BCUT2D eigenvalue weighted by atomic mass is 16.4. The van der Waals surface area contributed by atoms with Crippen molar-refractivity contribution in [3.05, 3.63) is 0 Å². The van der Waals surface area contributed by atoms with Crippen molar-refractivity contribution in [3.8, 4) is 0 Å². The lowest BCUT2D eigenvalue weighted by molar-refractivity contribution is -0.139. The van der Waals surface area contributed by atoms with Gasteiger partial charge in [-0.15, -0.1) is 0 Å². The van der Waals surface area contributed by atoms with Crippen LogP contribution in [0.2, 0.25) is 0 Å². The maximum atomic E-state index is 12.0. The quantitative estimate of drug-likeness (QED) is 0.755. The Labute approximate surface area is 114 Å². The largest absolute Gasteiger partial charge is 0.480 e. The molecule has 110 valence electrons. The number of hydrogen-bond donors (Lipinski definition) is 2. The van der Waals surface area contributed by atoms with Crippen LogP contribution in [-0.2, 0) is 4.79 Å². The van der Waals surface area contributed by atoms with Gasteiger partial charge in [0.05, 0.1) is 0 Å². The number of amides is 2. The first-order valence-electron chi connectivity index (χ1n) is 6.90. The molecule has 1 rings (SSSR count). The molecule has 1 fully saturated rings. The lowest BCUT2D eigenvalue weighted by Gasteiger charge is -2.27. The van der Waals surface area contributed by atoms with E-state index < -0.39 is 12.0 Å². The van der Waals surface area contributed by atoms with Gasteiger partial charge in [-0.2, -0.15) is 0 Å². The van der Waals surface area contributed by atoms with Crippen molar-refractivity contribution in [2.75, 3.05) is 27.2 Å². The summed E-state index contributed by atoms with van der Waals surface area (Å²) in [6.45, 7) is 3.60. The molecule has 1 aliphatic heterocycles. The van der Waals surface area contributed by atoms with E-state index in [4.69, 9.17) is 5.11 Å². The molecule has 0 saturated carbocycles. The Morgan fingerprint density at radius 3 is 2.68 bits per heavy atom. The molecule has 1 aliphatic rings. The minimum atomic E-state index is -0.971. The topological polar surface area (TPSA) is 72.9 Å². The van der Waals surface area contributed by atoms with Crippen molar-refractivity contribution in [1.29, 1.82) is 0 Å². The highest BCUT2D eigenvalue weighted by Gasteiger charge is 2.26. The summed E-state index contributed by atoms with van der Waals surface area (Å²) in [5, 5.41) is 11.6. The molecule has 1 saturated heterocycles. The average molecular weight is 271 g/mol. The van der Waals surface area contributed by atoms with Gasteiger partial charge in [0, 0.05) is 19.6 Å². The van der Waals surface area contributed by atoms with Crippen LogP contribution < -0.4 is 5.32 Å². The van der Waals surface area contributed by atoms with E-state index in [-0.39, 0.29) is 6.03 Å². The van der Waals surface area contributed by atoms with Gasteiger partial charge < -0.3 is 20.2 Å². The number of likely N-dealkylation sites (N-methyl/N-ethyl adjacent to an activating group) is 2. The molecule has 1 heterocycles. The second-order valence-electron chi connectivity index (χ2n) is 5.29. The fourth-order valence-corrected chi connectivity index (χ4v) is 2.41. The van der Waals surface area contributed by atoms with Crippen molar-refractivity contribution < 1.29 is 14.7 Å². The molecule has 0 aliphatic carbocycles. The Morgan fingerprint density at radius 2 is 2.21 bits per heavy atom. The molecule has 0 aromatic rings. The van der Waals surface area contributed by atoms with Crippen LogP contribution in [0, 0.1) is 0 Å². The second kappa shape index (κ2) is 7.33. The summed E-state index contributed by atoms with van der Waals surface area (Å²) in [6, 6.07) is -0.715. The number of nitrogens with one attached hydrogen (secondary N) is 1. The first-order chi connectivity index (χ1) is 8.95. The molecule has 2 amide bonds. The molecule has 6 heteroatoms. The zero-order chi connectivity index (χ0) is 14.4. The standard InChI is InChI=1S/C13H25N3O3/c1-4-6-11(12(17)18)14-13(19)16(3)9-10-7-5-8-15(10)2/h10-11H,4-9H2,1-3H3,(H,14,19)(H,17,18)/t10?,11-/m0/s1. The summed E-state index contributed by atoms with van der Waals surface area (Å²) in [6.07, 6.45) is 3.43. The van der Waals surface area contributed by atoms with Crippen molar-refractivity contribution in [3.63, 3.8) is 0 Å². The van der Waals surface area contributed by atoms with Crippen LogP contribution in [0.25, 0.3) is 0 Å². The van der Waals surface area contributed by atoms with Gasteiger partial charge in [0.1, 0.15) is 6.04 Å². The van der Waals surface area contributed by atoms with Crippen molar-refractivity contribution in [2.45, 2.75) is 44.7 Å². The highest BCUT2D eigenvalue weighted by Crippen LogP contribution is 2.15. The van der Waals surface area contributed by atoms with E-state index in [1.807, 2.05) is 6.92 Å². The number of rotatable bonds is 6. The third-order valence-electron chi connectivity index (χ3n) is 3.68. The van der Waals surface area contributed by atoms with Gasteiger partial charge in [0.25, 0.3) is 0 Å². The van der Waals surface area contributed by atoms with Crippen molar-refractivity contribution in [1.82, 2.24) is 15.1 Å². The van der Waals surface area contributed by atoms with E-state index in [2.05, 4.69) is 17.3 Å². The van der Waals surface area contributed by atoms with Gasteiger partial charge in [-0.05, 0) is 32.9 Å². The van der Waals surface area contributed by atoms with Crippen LogP contribution in [-0.4, -0.2) is 66.2 Å². The third-order valence-corrected chi connectivity index (χ3v) is 3.68. The summed E-state index contributed by atoms with van der Waals surface area (Å²) in [4.78, 5) is 26.8. The van der Waals surface area contributed by atoms with Gasteiger partial charge in [0.2, 0.25) is 0 Å². The first-order valence-corrected chi connectivity index (χ1v) is 6.90.